The van der Waals surface area contributed by atoms with Crippen molar-refractivity contribution in [1.82, 2.24) is 0 Å². The van der Waals surface area contributed by atoms with Crippen LogP contribution < -0.4 is 0 Å². The molecule has 0 fully saturated rings. The molecular weight excluding hydrogens is 410 g/mol. The summed E-state index contributed by atoms with van der Waals surface area (Å²) in [5, 5.41) is 9.58. The van der Waals surface area contributed by atoms with Crippen LogP contribution in [0.5, 0.6) is 0 Å². The molecule has 0 aliphatic rings. The Bertz CT molecular complexity index is 516. The zero-order chi connectivity index (χ0) is 10.3. The van der Waals surface area contributed by atoms with Gasteiger partial charge in [0.05, 0.1) is 3.57 Å². The highest BCUT2D eigenvalue weighted by molar-refractivity contribution is 14.1. The minimum absolute atomic E-state index is 0.0140. The van der Waals surface area contributed by atoms with E-state index >= 15 is 0 Å². The van der Waals surface area contributed by atoms with Crippen molar-refractivity contribution in [3.63, 3.8) is 0 Å². The Labute approximate surface area is 107 Å². The monoisotopic (exact) mass is 414 g/mol. The molecule has 0 saturated carbocycles. The first-order valence-corrected chi connectivity index (χ1v) is 5.85. The quantitative estimate of drug-likeness (QED) is 0.729. The zero-order valence-electron chi connectivity index (χ0n) is 6.75. The van der Waals surface area contributed by atoms with Crippen LogP contribution in [-0.2, 0) is 0 Å². The van der Waals surface area contributed by atoms with E-state index < -0.39 is 5.97 Å². The molecule has 3 nitrogen and oxygen atoms in total. The van der Waals surface area contributed by atoms with Crippen LogP contribution in [0.1, 0.15) is 10.6 Å². The number of aromatic carboxylic acids is 1. The number of furan rings is 1. The van der Waals surface area contributed by atoms with Gasteiger partial charge in [-0.1, -0.05) is 0 Å². The minimum atomic E-state index is -1.04. The predicted molar refractivity (Wildman–Crippen MR) is 68.6 cm³/mol. The number of carbonyl (C=O) groups is 1. The lowest BCUT2D eigenvalue weighted by Crippen LogP contribution is -1.91. The molecule has 14 heavy (non-hydrogen) atoms. The molecule has 5 heteroatoms. The summed E-state index contributed by atoms with van der Waals surface area (Å²) in [5.41, 5.74) is 0.642. The molecule has 0 atom stereocenters. The summed E-state index contributed by atoms with van der Waals surface area (Å²) in [4.78, 5) is 10.7. The van der Waals surface area contributed by atoms with Gasteiger partial charge >= 0.3 is 5.97 Å². The fourth-order valence-electron chi connectivity index (χ4n) is 1.18. The summed E-state index contributed by atoms with van der Waals surface area (Å²) < 4.78 is 7.20. The minimum Gasteiger partial charge on any atom is -0.475 e. The molecule has 72 valence electrons. The van der Waals surface area contributed by atoms with Gasteiger partial charge in [0.15, 0.2) is 0 Å². The smallest absolute Gasteiger partial charge is 0.371 e. The summed E-state index contributed by atoms with van der Waals surface area (Å²) >= 11 is 4.32. The van der Waals surface area contributed by atoms with Gasteiger partial charge in [0.2, 0.25) is 5.76 Å². The maximum atomic E-state index is 10.7. The SMILES string of the molecule is O=C(O)c1cc2cc(I)cc(I)c2o1. The fourth-order valence-corrected chi connectivity index (χ4v) is 3.18. The molecule has 0 saturated heterocycles. The van der Waals surface area contributed by atoms with E-state index in [0.29, 0.717) is 5.58 Å². The third-order valence-corrected chi connectivity index (χ3v) is 3.17. The Morgan fingerprint density at radius 1 is 1.29 bits per heavy atom. The largest absolute Gasteiger partial charge is 0.475 e. The highest BCUT2D eigenvalue weighted by atomic mass is 127. The number of hydrogen-bond donors (Lipinski definition) is 1. The van der Waals surface area contributed by atoms with E-state index in [2.05, 4.69) is 45.2 Å². The lowest BCUT2D eigenvalue weighted by Gasteiger charge is -1.93. The first kappa shape index (κ1) is 10.2. The molecule has 0 spiro atoms. The Hall–Kier alpha value is -0.310. The number of halogens is 2. The van der Waals surface area contributed by atoms with Crippen LogP contribution in [0.25, 0.3) is 11.0 Å². The van der Waals surface area contributed by atoms with E-state index in [4.69, 9.17) is 9.52 Å². The average Bonchev–Trinajstić information content (AvgIpc) is 2.47. The first-order chi connectivity index (χ1) is 6.58. The average molecular weight is 414 g/mol. The van der Waals surface area contributed by atoms with E-state index in [1.165, 1.54) is 0 Å². The number of carboxylic acid groups (broad SMARTS) is 1. The normalized spacial score (nSPS) is 10.7. The highest BCUT2D eigenvalue weighted by Gasteiger charge is 2.12. The van der Waals surface area contributed by atoms with Crippen LogP contribution in [-0.4, -0.2) is 11.1 Å². The van der Waals surface area contributed by atoms with Crippen molar-refractivity contribution in [3.8, 4) is 0 Å². The Kier molecular flexibility index (Phi) is 2.69. The van der Waals surface area contributed by atoms with Crippen molar-refractivity contribution >= 4 is 62.1 Å². The molecule has 0 bridgehead atoms. The lowest BCUT2D eigenvalue weighted by atomic mass is 10.2. The fraction of sp³-hybridized carbons (Fsp3) is 0. The molecule has 2 aromatic rings. The van der Waals surface area contributed by atoms with Crippen molar-refractivity contribution in [2.75, 3.05) is 0 Å². The molecule has 1 N–H and O–H groups in total. The molecule has 1 heterocycles. The van der Waals surface area contributed by atoms with Crippen molar-refractivity contribution in [2.24, 2.45) is 0 Å². The van der Waals surface area contributed by atoms with E-state index in [1.54, 1.807) is 6.07 Å². The number of benzene rings is 1. The van der Waals surface area contributed by atoms with Crippen molar-refractivity contribution in [2.45, 2.75) is 0 Å². The number of rotatable bonds is 1. The number of hydrogen-bond acceptors (Lipinski definition) is 2. The van der Waals surface area contributed by atoms with E-state index in [9.17, 15) is 4.79 Å². The van der Waals surface area contributed by atoms with Gasteiger partial charge in [0, 0.05) is 8.96 Å². The van der Waals surface area contributed by atoms with Crippen LogP contribution in [0.15, 0.2) is 22.6 Å². The van der Waals surface area contributed by atoms with E-state index in [1.807, 2.05) is 12.1 Å². The third kappa shape index (κ3) is 1.74. The summed E-state index contributed by atoms with van der Waals surface area (Å²) in [7, 11) is 0. The number of carboxylic acids is 1. The lowest BCUT2D eigenvalue weighted by molar-refractivity contribution is 0.0665. The van der Waals surface area contributed by atoms with Gasteiger partial charge in [-0.2, -0.15) is 0 Å². The standard InChI is InChI=1S/C9H4I2O3/c10-5-1-4-2-7(9(12)13)14-8(4)6(11)3-5/h1-3H,(H,12,13). The summed E-state index contributed by atoms with van der Waals surface area (Å²) in [5.74, 6) is -1.05. The van der Waals surface area contributed by atoms with E-state index in [-0.39, 0.29) is 5.76 Å². The van der Waals surface area contributed by atoms with Gasteiger partial charge in [-0.25, -0.2) is 4.79 Å². The third-order valence-electron chi connectivity index (χ3n) is 1.75. The second kappa shape index (κ2) is 3.69. The molecular formula is C9H4I2O3. The van der Waals surface area contributed by atoms with Crippen molar-refractivity contribution in [3.05, 3.63) is 31.1 Å². The second-order valence-corrected chi connectivity index (χ2v) is 5.13. The molecule has 0 unspecified atom stereocenters. The maximum absolute atomic E-state index is 10.7. The van der Waals surface area contributed by atoms with Crippen molar-refractivity contribution < 1.29 is 14.3 Å². The highest BCUT2D eigenvalue weighted by Crippen LogP contribution is 2.26. The Morgan fingerprint density at radius 2 is 2.00 bits per heavy atom. The zero-order valence-corrected chi connectivity index (χ0v) is 11.1. The predicted octanol–water partition coefficient (Wildman–Crippen LogP) is 3.34. The van der Waals surface area contributed by atoms with Gasteiger partial charge in [-0.05, 0) is 63.4 Å². The van der Waals surface area contributed by atoms with Crippen LogP contribution in [0.2, 0.25) is 0 Å². The van der Waals surface area contributed by atoms with Crippen LogP contribution in [0.4, 0.5) is 0 Å². The maximum Gasteiger partial charge on any atom is 0.371 e. The Balaban J connectivity index is 2.76. The Morgan fingerprint density at radius 3 is 2.64 bits per heavy atom. The van der Waals surface area contributed by atoms with Gasteiger partial charge in [0.25, 0.3) is 0 Å². The molecule has 0 amide bonds. The first-order valence-electron chi connectivity index (χ1n) is 3.70. The van der Waals surface area contributed by atoms with Gasteiger partial charge in [-0.3, -0.25) is 0 Å². The molecule has 2 rings (SSSR count). The van der Waals surface area contributed by atoms with Crippen LogP contribution in [0.3, 0.4) is 0 Å². The van der Waals surface area contributed by atoms with Crippen LogP contribution >= 0.6 is 45.2 Å². The number of fused-ring (bicyclic) bond motifs is 1. The molecule has 0 aliphatic heterocycles. The topological polar surface area (TPSA) is 50.4 Å². The van der Waals surface area contributed by atoms with E-state index in [0.717, 1.165) is 12.5 Å². The molecule has 0 aliphatic carbocycles. The van der Waals surface area contributed by atoms with Gasteiger partial charge in [0.1, 0.15) is 5.58 Å². The summed E-state index contributed by atoms with van der Waals surface area (Å²) in [6.45, 7) is 0. The molecule has 0 radical (unpaired) electrons. The second-order valence-electron chi connectivity index (χ2n) is 2.72. The molecule has 1 aromatic heterocycles. The van der Waals surface area contributed by atoms with Crippen molar-refractivity contribution in [1.29, 1.82) is 0 Å². The van der Waals surface area contributed by atoms with Gasteiger partial charge < -0.3 is 9.52 Å². The van der Waals surface area contributed by atoms with Crippen LogP contribution in [0, 0.1) is 7.14 Å². The molecule has 1 aromatic carbocycles. The summed E-state index contributed by atoms with van der Waals surface area (Å²) in [6.07, 6.45) is 0. The van der Waals surface area contributed by atoms with Gasteiger partial charge in [-0.15, -0.1) is 0 Å². The summed E-state index contributed by atoms with van der Waals surface area (Å²) in [6, 6.07) is 5.38.